The average molecular weight is 451 g/mol. The van der Waals surface area contributed by atoms with Crippen LogP contribution in [0.2, 0.25) is 5.02 Å². The molecule has 0 saturated heterocycles. The lowest BCUT2D eigenvalue weighted by molar-refractivity contribution is -0.121. The van der Waals surface area contributed by atoms with Crippen molar-refractivity contribution in [3.63, 3.8) is 0 Å². The largest absolute Gasteiger partial charge is 0.496 e. The first-order chi connectivity index (χ1) is 15.5. The van der Waals surface area contributed by atoms with Gasteiger partial charge in [0, 0.05) is 17.0 Å². The summed E-state index contributed by atoms with van der Waals surface area (Å²) < 4.78 is 11.4. The van der Waals surface area contributed by atoms with E-state index in [0.29, 0.717) is 19.4 Å². The van der Waals surface area contributed by atoms with Gasteiger partial charge >= 0.3 is 0 Å². The lowest BCUT2D eigenvalue weighted by atomic mass is 10.1. The molecule has 0 aliphatic rings. The summed E-state index contributed by atoms with van der Waals surface area (Å²) in [5.41, 5.74) is 7.35. The van der Waals surface area contributed by atoms with Crippen molar-refractivity contribution in [2.45, 2.75) is 33.3 Å². The summed E-state index contributed by atoms with van der Waals surface area (Å²) in [5, 5.41) is 4.83. The maximum atomic E-state index is 12.0. The first-order valence-corrected chi connectivity index (χ1v) is 10.8. The lowest BCUT2D eigenvalue weighted by Gasteiger charge is -2.13. The standard InChI is InChI=1S/C26H27ClN2O3/c1-18-13-23(14-19(2)26(18)27)32-17-22-15-21(9-11-24(22)31-3)16-28-29-25(30)12-10-20-7-5-4-6-8-20/h4-9,11,13-16H,10,12,17H2,1-3H3,(H,29,30)/b28-16+. The normalized spacial score (nSPS) is 10.9. The van der Waals surface area contributed by atoms with Crippen LogP contribution in [0, 0.1) is 13.8 Å². The van der Waals surface area contributed by atoms with Gasteiger partial charge in [-0.05, 0) is 72.9 Å². The summed E-state index contributed by atoms with van der Waals surface area (Å²) in [4.78, 5) is 12.0. The number of amides is 1. The van der Waals surface area contributed by atoms with Gasteiger partial charge in [-0.1, -0.05) is 41.9 Å². The summed E-state index contributed by atoms with van der Waals surface area (Å²) in [5.74, 6) is 1.34. The van der Waals surface area contributed by atoms with Gasteiger partial charge in [0.05, 0.1) is 13.3 Å². The molecular formula is C26H27ClN2O3. The molecule has 0 saturated carbocycles. The molecule has 1 N–H and O–H groups in total. The first-order valence-electron chi connectivity index (χ1n) is 10.4. The quantitative estimate of drug-likeness (QED) is 0.339. The maximum absolute atomic E-state index is 12.0. The molecule has 3 aromatic carbocycles. The van der Waals surface area contributed by atoms with Crippen LogP contribution in [0.15, 0.2) is 65.8 Å². The van der Waals surface area contributed by atoms with Gasteiger partial charge in [-0.2, -0.15) is 5.10 Å². The fraction of sp³-hybridized carbons (Fsp3) is 0.231. The molecule has 166 valence electrons. The third kappa shape index (κ3) is 6.59. The Hall–Kier alpha value is -3.31. The van der Waals surface area contributed by atoms with Crippen LogP contribution < -0.4 is 14.9 Å². The fourth-order valence-corrected chi connectivity index (χ4v) is 3.39. The van der Waals surface area contributed by atoms with Crippen molar-refractivity contribution in [1.29, 1.82) is 0 Å². The van der Waals surface area contributed by atoms with E-state index in [1.54, 1.807) is 13.3 Å². The highest BCUT2D eigenvalue weighted by atomic mass is 35.5. The molecule has 0 spiro atoms. The molecule has 5 nitrogen and oxygen atoms in total. The number of rotatable bonds is 9. The number of hydrogen-bond acceptors (Lipinski definition) is 4. The van der Waals surface area contributed by atoms with Gasteiger partial charge in [0.2, 0.25) is 5.91 Å². The molecule has 3 rings (SSSR count). The molecule has 0 aliphatic carbocycles. The van der Waals surface area contributed by atoms with Gasteiger partial charge in [0.25, 0.3) is 0 Å². The Morgan fingerprint density at radius 1 is 1.06 bits per heavy atom. The maximum Gasteiger partial charge on any atom is 0.240 e. The third-order valence-corrected chi connectivity index (χ3v) is 5.59. The highest BCUT2D eigenvalue weighted by Crippen LogP contribution is 2.27. The number of carbonyl (C=O) groups is 1. The zero-order valence-corrected chi connectivity index (χ0v) is 19.3. The number of methoxy groups -OCH3 is 1. The van der Waals surface area contributed by atoms with Gasteiger partial charge in [-0.15, -0.1) is 0 Å². The number of ether oxygens (including phenoxy) is 2. The van der Waals surface area contributed by atoms with E-state index in [1.165, 1.54) is 0 Å². The molecule has 0 heterocycles. The highest BCUT2D eigenvalue weighted by Gasteiger charge is 2.08. The molecule has 0 aliphatic heterocycles. The SMILES string of the molecule is COc1ccc(/C=N/NC(=O)CCc2ccccc2)cc1COc1cc(C)c(Cl)c(C)c1. The Kier molecular flexibility index (Phi) is 8.28. The van der Waals surface area contributed by atoms with Crippen LogP contribution in [0.3, 0.4) is 0 Å². The van der Waals surface area contributed by atoms with Gasteiger partial charge in [-0.25, -0.2) is 5.43 Å². The van der Waals surface area contributed by atoms with Crippen LogP contribution in [-0.4, -0.2) is 19.2 Å². The molecule has 0 fully saturated rings. The van der Waals surface area contributed by atoms with Crippen LogP contribution in [-0.2, 0) is 17.8 Å². The van der Waals surface area contributed by atoms with E-state index in [4.69, 9.17) is 21.1 Å². The van der Waals surface area contributed by atoms with Crippen molar-refractivity contribution in [2.24, 2.45) is 5.10 Å². The summed E-state index contributed by atoms with van der Waals surface area (Å²) in [7, 11) is 1.62. The molecule has 1 amide bonds. The van der Waals surface area contributed by atoms with Gasteiger partial charge in [0.15, 0.2) is 0 Å². The number of carbonyl (C=O) groups excluding carboxylic acids is 1. The smallest absolute Gasteiger partial charge is 0.240 e. The summed E-state index contributed by atoms with van der Waals surface area (Å²) in [6, 6.07) is 19.4. The number of nitrogens with zero attached hydrogens (tertiary/aromatic N) is 1. The second-order valence-corrected chi connectivity index (χ2v) is 7.89. The number of hydrogen-bond donors (Lipinski definition) is 1. The fourth-order valence-electron chi connectivity index (χ4n) is 3.28. The Bertz CT molecular complexity index is 1070. The predicted octanol–water partition coefficient (Wildman–Crippen LogP) is 5.63. The van der Waals surface area contributed by atoms with E-state index in [9.17, 15) is 4.79 Å². The first kappa shape index (κ1) is 23.4. The molecule has 0 aromatic heterocycles. The van der Waals surface area contributed by atoms with Crippen molar-refractivity contribution in [2.75, 3.05) is 7.11 Å². The molecule has 32 heavy (non-hydrogen) atoms. The predicted molar refractivity (Wildman–Crippen MR) is 129 cm³/mol. The molecule has 0 unspecified atom stereocenters. The summed E-state index contributed by atoms with van der Waals surface area (Å²) in [6.07, 6.45) is 2.67. The molecule has 0 atom stereocenters. The minimum atomic E-state index is -0.129. The van der Waals surface area contributed by atoms with Crippen molar-refractivity contribution >= 4 is 23.7 Å². The summed E-state index contributed by atoms with van der Waals surface area (Å²) >= 11 is 6.24. The Labute approximate surface area is 194 Å². The van der Waals surface area contributed by atoms with Gasteiger partial charge in [0.1, 0.15) is 18.1 Å². The van der Waals surface area contributed by atoms with E-state index < -0.39 is 0 Å². The molecule has 0 radical (unpaired) electrons. The van der Waals surface area contributed by atoms with Crippen LogP contribution in [0.25, 0.3) is 0 Å². The van der Waals surface area contributed by atoms with Gasteiger partial charge < -0.3 is 9.47 Å². The number of benzene rings is 3. The number of nitrogens with one attached hydrogen (secondary N) is 1. The average Bonchev–Trinajstić information content (AvgIpc) is 2.80. The zero-order valence-electron chi connectivity index (χ0n) is 18.5. The minimum Gasteiger partial charge on any atom is -0.496 e. The van der Waals surface area contributed by atoms with Crippen molar-refractivity contribution < 1.29 is 14.3 Å². The van der Waals surface area contributed by atoms with Gasteiger partial charge in [-0.3, -0.25) is 4.79 Å². The second-order valence-electron chi connectivity index (χ2n) is 7.51. The Morgan fingerprint density at radius 2 is 1.78 bits per heavy atom. The Balaban J connectivity index is 1.59. The van der Waals surface area contributed by atoms with Crippen molar-refractivity contribution in [3.8, 4) is 11.5 Å². The zero-order chi connectivity index (χ0) is 22.9. The van der Waals surface area contributed by atoms with E-state index in [1.807, 2.05) is 74.5 Å². The third-order valence-electron chi connectivity index (χ3n) is 5.00. The highest BCUT2D eigenvalue weighted by molar-refractivity contribution is 6.32. The van der Waals surface area contributed by atoms with E-state index in [0.717, 1.165) is 44.3 Å². The number of halogens is 1. The summed E-state index contributed by atoms with van der Waals surface area (Å²) in [6.45, 7) is 4.23. The monoisotopic (exact) mass is 450 g/mol. The topological polar surface area (TPSA) is 59.9 Å². The molecule has 6 heteroatoms. The van der Waals surface area contributed by atoms with Crippen LogP contribution in [0.1, 0.15) is 34.2 Å². The molecular weight excluding hydrogens is 424 g/mol. The molecule has 0 bridgehead atoms. The van der Waals surface area contributed by atoms with Crippen molar-refractivity contribution in [3.05, 3.63) is 93.5 Å². The van der Waals surface area contributed by atoms with Crippen LogP contribution in [0.5, 0.6) is 11.5 Å². The lowest BCUT2D eigenvalue weighted by Crippen LogP contribution is -2.17. The van der Waals surface area contributed by atoms with E-state index in [2.05, 4.69) is 10.5 Å². The Morgan fingerprint density at radius 3 is 2.47 bits per heavy atom. The minimum absolute atomic E-state index is 0.129. The molecule has 3 aromatic rings. The number of hydrazone groups is 1. The number of aryl methyl sites for hydroxylation is 3. The van der Waals surface area contributed by atoms with E-state index >= 15 is 0 Å². The second kappa shape index (κ2) is 11.3. The van der Waals surface area contributed by atoms with Crippen LogP contribution >= 0.6 is 11.6 Å². The van der Waals surface area contributed by atoms with Crippen LogP contribution in [0.4, 0.5) is 0 Å². The van der Waals surface area contributed by atoms with Crippen molar-refractivity contribution in [1.82, 2.24) is 5.43 Å². The van der Waals surface area contributed by atoms with E-state index in [-0.39, 0.29) is 5.91 Å².